The van der Waals surface area contributed by atoms with Crippen LogP contribution in [0.15, 0.2) is 41.2 Å². The number of allylic oxidation sites excluding steroid dienone is 1. The van der Waals surface area contributed by atoms with Gasteiger partial charge in [-0.3, -0.25) is 14.4 Å². The number of hydrogen-bond donors (Lipinski definition) is 2. The average molecular weight is 492 g/mol. The Balaban J connectivity index is 1.34. The molecule has 2 N–H and O–H groups in total. The predicted octanol–water partition coefficient (Wildman–Crippen LogP) is 1.83. The predicted molar refractivity (Wildman–Crippen MR) is 130 cm³/mol. The van der Waals surface area contributed by atoms with Gasteiger partial charge in [-0.05, 0) is 49.6 Å². The molecule has 4 aliphatic rings. The molecule has 4 heterocycles. The molecule has 188 valence electrons. The molecule has 1 aromatic carbocycles. The minimum atomic E-state index is -0.669. The normalized spacial score (nSPS) is 25.8. The highest BCUT2D eigenvalue weighted by molar-refractivity contribution is 5.86. The number of benzene rings is 1. The van der Waals surface area contributed by atoms with Gasteiger partial charge in [0, 0.05) is 42.8 Å². The first-order valence-electron chi connectivity index (χ1n) is 12.5. The van der Waals surface area contributed by atoms with Gasteiger partial charge in [0.25, 0.3) is 5.56 Å². The van der Waals surface area contributed by atoms with Crippen molar-refractivity contribution >= 4 is 17.9 Å². The number of hydrogen-bond acceptors (Lipinski definition) is 6. The van der Waals surface area contributed by atoms with Crippen molar-refractivity contribution in [1.82, 2.24) is 14.8 Å². The van der Waals surface area contributed by atoms with E-state index in [0.29, 0.717) is 22.8 Å². The number of rotatable bonds is 6. The zero-order valence-corrected chi connectivity index (χ0v) is 20.1. The van der Waals surface area contributed by atoms with Crippen LogP contribution < -0.4 is 20.3 Å². The lowest BCUT2D eigenvalue weighted by Gasteiger charge is -2.38. The second-order valence-corrected chi connectivity index (χ2v) is 9.94. The Hall–Kier alpha value is -3.59. The fourth-order valence-corrected chi connectivity index (χ4v) is 5.93. The number of amides is 2. The molecule has 0 spiro atoms. The third-order valence-electron chi connectivity index (χ3n) is 7.81. The lowest BCUT2D eigenvalue weighted by molar-refractivity contribution is -0.138. The van der Waals surface area contributed by atoms with E-state index in [1.54, 1.807) is 21.6 Å². The molecule has 36 heavy (non-hydrogen) atoms. The van der Waals surface area contributed by atoms with Crippen LogP contribution in [0.5, 0.6) is 11.5 Å². The summed E-state index contributed by atoms with van der Waals surface area (Å²) in [6.07, 6.45) is 5.25. The molecule has 1 saturated heterocycles. The molecule has 9 nitrogen and oxygen atoms in total. The van der Waals surface area contributed by atoms with Crippen molar-refractivity contribution in [2.24, 2.45) is 17.8 Å². The van der Waals surface area contributed by atoms with Crippen LogP contribution in [0.3, 0.4) is 0 Å². The molecule has 3 aliphatic heterocycles. The van der Waals surface area contributed by atoms with Crippen molar-refractivity contribution in [3.63, 3.8) is 0 Å². The van der Waals surface area contributed by atoms with Crippen molar-refractivity contribution in [3.05, 3.63) is 63.6 Å². The second-order valence-electron chi connectivity index (χ2n) is 9.94. The standard InChI is InChI=1S/C27H29N3O6/c1-2-3-16-7-8-19-24-23(25(32)28-11-15-4-9-21-22(10-15)36-14-35-21)18(13-31)20(12-29(19)26(16)33)30(24)27(34)17-5-6-17/h2-4,7-10,17-18,20,23-24,31H,5-6,11-14H2,1H3,(H,28,32)/b3-2+/t18-,20-,23+,24+/m1/s1. The first-order chi connectivity index (χ1) is 17.5. The van der Waals surface area contributed by atoms with Gasteiger partial charge in [-0.25, -0.2) is 0 Å². The van der Waals surface area contributed by atoms with Crippen LogP contribution in [0, 0.1) is 17.8 Å². The summed E-state index contributed by atoms with van der Waals surface area (Å²) in [5, 5.41) is 13.4. The molecule has 0 radical (unpaired) electrons. The van der Waals surface area contributed by atoms with Crippen LogP contribution in [0.25, 0.3) is 6.08 Å². The number of aliphatic hydroxyl groups is 1. The summed E-state index contributed by atoms with van der Waals surface area (Å²) < 4.78 is 12.5. The largest absolute Gasteiger partial charge is 0.454 e. The monoisotopic (exact) mass is 491 g/mol. The van der Waals surface area contributed by atoms with Crippen LogP contribution in [-0.2, 0) is 22.7 Å². The summed E-state index contributed by atoms with van der Waals surface area (Å²) in [6, 6.07) is 8.10. The third-order valence-corrected chi connectivity index (χ3v) is 7.81. The van der Waals surface area contributed by atoms with Crippen LogP contribution >= 0.6 is 0 Å². The summed E-state index contributed by atoms with van der Waals surface area (Å²) in [7, 11) is 0. The van der Waals surface area contributed by atoms with E-state index >= 15 is 0 Å². The lowest BCUT2D eigenvalue weighted by Crippen LogP contribution is -2.49. The molecule has 4 atom stereocenters. The molecule has 1 saturated carbocycles. The van der Waals surface area contributed by atoms with Crippen LogP contribution in [0.4, 0.5) is 0 Å². The van der Waals surface area contributed by atoms with Gasteiger partial charge in [0.05, 0.1) is 18.0 Å². The van der Waals surface area contributed by atoms with Gasteiger partial charge in [-0.2, -0.15) is 0 Å². The lowest BCUT2D eigenvalue weighted by atomic mass is 9.86. The van der Waals surface area contributed by atoms with Crippen molar-refractivity contribution in [1.29, 1.82) is 0 Å². The fourth-order valence-electron chi connectivity index (χ4n) is 5.93. The van der Waals surface area contributed by atoms with Crippen LogP contribution in [0.2, 0.25) is 0 Å². The number of nitrogens with one attached hydrogen (secondary N) is 1. The van der Waals surface area contributed by atoms with E-state index in [-0.39, 0.29) is 49.8 Å². The van der Waals surface area contributed by atoms with Gasteiger partial charge in [-0.1, -0.05) is 18.2 Å². The number of aromatic nitrogens is 1. The first kappa shape index (κ1) is 22.8. The van der Waals surface area contributed by atoms with Gasteiger partial charge in [0.1, 0.15) is 0 Å². The molecule has 9 heteroatoms. The van der Waals surface area contributed by atoms with Gasteiger partial charge < -0.3 is 29.4 Å². The Bertz CT molecular complexity index is 1310. The number of carbonyl (C=O) groups is 2. The van der Waals surface area contributed by atoms with Crippen molar-refractivity contribution in [2.75, 3.05) is 13.4 Å². The Morgan fingerprint density at radius 2 is 1.97 bits per heavy atom. The highest BCUT2D eigenvalue weighted by Crippen LogP contribution is 2.50. The summed E-state index contributed by atoms with van der Waals surface area (Å²) in [5.41, 5.74) is 1.93. The zero-order chi connectivity index (χ0) is 25.0. The van der Waals surface area contributed by atoms with E-state index in [2.05, 4.69) is 5.32 Å². The maximum Gasteiger partial charge on any atom is 0.258 e. The molecule has 1 aliphatic carbocycles. The average Bonchev–Trinajstić information content (AvgIpc) is 3.58. The summed E-state index contributed by atoms with van der Waals surface area (Å²) in [6.45, 7) is 2.32. The maximum atomic E-state index is 13.7. The summed E-state index contributed by atoms with van der Waals surface area (Å²) >= 11 is 0. The molecule has 2 amide bonds. The molecular weight excluding hydrogens is 462 g/mol. The first-order valence-corrected chi connectivity index (χ1v) is 12.5. The molecule has 6 rings (SSSR count). The van der Waals surface area contributed by atoms with Gasteiger partial charge in [0.2, 0.25) is 18.6 Å². The molecular formula is C27H29N3O6. The van der Waals surface area contributed by atoms with Gasteiger partial charge in [-0.15, -0.1) is 0 Å². The van der Waals surface area contributed by atoms with E-state index in [1.807, 2.05) is 37.3 Å². The highest BCUT2D eigenvalue weighted by Gasteiger charge is 2.58. The Labute approximate surface area is 208 Å². The third kappa shape index (κ3) is 3.61. The Kier molecular flexibility index (Phi) is 5.59. The van der Waals surface area contributed by atoms with E-state index in [1.165, 1.54) is 0 Å². The van der Waals surface area contributed by atoms with E-state index in [4.69, 9.17) is 9.47 Å². The van der Waals surface area contributed by atoms with Crippen molar-refractivity contribution < 1.29 is 24.2 Å². The van der Waals surface area contributed by atoms with Crippen molar-refractivity contribution in [3.8, 4) is 11.5 Å². The zero-order valence-electron chi connectivity index (χ0n) is 20.1. The van der Waals surface area contributed by atoms with Gasteiger partial charge in [0.15, 0.2) is 11.5 Å². The topological polar surface area (TPSA) is 110 Å². The molecule has 2 fully saturated rings. The number of nitrogens with zero attached hydrogens (tertiary/aromatic N) is 2. The fraction of sp³-hybridized carbons (Fsp3) is 0.444. The number of fused-ring (bicyclic) bond motifs is 5. The number of aliphatic hydroxyl groups excluding tert-OH is 1. The Morgan fingerprint density at radius 1 is 1.17 bits per heavy atom. The smallest absolute Gasteiger partial charge is 0.258 e. The van der Waals surface area contributed by atoms with Crippen LogP contribution in [0.1, 0.15) is 42.6 Å². The van der Waals surface area contributed by atoms with E-state index in [9.17, 15) is 19.5 Å². The minimum Gasteiger partial charge on any atom is -0.454 e. The summed E-state index contributed by atoms with van der Waals surface area (Å²) in [5.74, 6) is -0.0968. The molecule has 2 aromatic rings. The van der Waals surface area contributed by atoms with Crippen LogP contribution in [-0.4, -0.2) is 45.8 Å². The van der Waals surface area contributed by atoms with Crippen molar-refractivity contribution in [2.45, 2.75) is 44.9 Å². The number of pyridine rings is 1. The quantitative estimate of drug-likeness (QED) is 0.638. The number of carbonyl (C=O) groups excluding carboxylic acids is 2. The van der Waals surface area contributed by atoms with Gasteiger partial charge >= 0.3 is 0 Å². The van der Waals surface area contributed by atoms with E-state index in [0.717, 1.165) is 18.4 Å². The summed E-state index contributed by atoms with van der Waals surface area (Å²) in [4.78, 5) is 42.1. The second kappa shape index (κ2) is 8.81. The Morgan fingerprint density at radius 3 is 2.72 bits per heavy atom. The maximum absolute atomic E-state index is 13.7. The minimum absolute atomic E-state index is 0.0192. The molecule has 1 aromatic heterocycles. The highest BCUT2D eigenvalue weighted by atomic mass is 16.7. The SMILES string of the molecule is C/C=C/c1ccc2n(c1=O)C[C@@H]1[C@@H](CO)[C@H](C(=O)NCc3ccc4c(c3)OCO4)[C@H]2N1C(=O)C1CC1. The van der Waals surface area contributed by atoms with E-state index < -0.39 is 23.9 Å². The number of ether oxygens (including phenoxy) is 2. The molecule has 2 bridgehead atoms. The molecule has 0 unspecified atom stereocenters.